The third kappa shape index (κ3) is 6.10. The maximum absolute atomic E-state index is 7.18. The van der Waals surface area contributed by atoms with E-state index in [-0.39, 0.29) is 5.41 Å². The zero-order chi connectivity index (χ0) is 50.9. The van der Waals surface area contributed by atoms with Gasteiger partial charge in [-0.05, 0) is 141 Å². The molecule has 1 aliphatic heterocycles. The minimum atomic E-state index is -0.528. The third-order valence-corrected chi connectivity index (χ3v) is 17.4. The van der Waals surface area contributed by atoms with Crippen LogP contribution < -0.4 is 9.47 Å². The highest BCUT2D eigenvalue weighted by Crippen LogP contribution is 2.65. The molecular weight excluding hydrogens is 921 g/mol. The van der Waals surface area contributed by atoms with Crippen molar-refractivity contribution in [3.05, 3.63) is 275 Å². The summed E-state index contributed by atoms with van der Waals surface area (Å²) in [5.74, 6) is 3.62. The monoisotopic (exact) mass is 974 g/mol. The van der Waals surface area contributed by atoms with Gasteiger partial charge in [-0.3, -0.25) is 0 Å². The molecule has 0 aromatic heterocycles. The molecule has 0 saturated carbocycles. The summed E-state index contributed by atoms with van der Waals surface area (Å²) in [5, 5.41) is 7.26. The van der Waals surface area contributed by atoms with Gasteiger partial charge in [0.15, 0.2) is 0 Å². The van der Waals surface area contributed by atoms with Crippen LogP contribution in [0.15, 0.2) is 231 Å². The molecule has 0 bridgehead atoms. The fourth-order valence-corrected chi connectivity index (χ4v) is 14.0. The SMILES string of the molecule is CCc1ccccc1Oc1c(CC)cccc1-c1cccc2c(-c3cccc4c3-c3ccccc3C43c4ccccc4-c4c3ccc3ccccc43)c3cccc(-c4cccc5c4Oc4ccccc4C5(C)C)c3cc12. The molecule has 76 heavy (non-hydrogen) atoms. The zero-order valence-corrected chi connectivity index (χ0v) is 43.2. The van der Waals surface area contributed by atoms with Crippen LogP contribution in [0.5, 0.6) is 23.0 Å². The molecule has 2 heteroatoms. The minimum Gasteiger partial charge on any atom is -0.456 e. The number of fused-ring (bicyclic) bond motifs is 16. The van der Waals surface area contributed by atoms with E-state index in [1.54, 1.807) is 0 Å². The van der Waals surface area contributed by atoms with Crippen molar-refractivity contribution in [1.82, 2.24) is 0 Å². The second kappa shape index (κ2) is 16.8. The minimum absolute atomic E-state index is 0.273. The number of ether oxygens (including phenoxy) is 2. The fraction of sp³-hybridized carbons (Fsp3) is 0.108. The molecule has 0 saturated heterocycles. The van der Waals surface area contributed by atoms with Crippen molar-refractivity contribution >= 4 is 32.3 Å². The molecule has 0 radical (unpaired) electrons. The molecule has 362 valence electrons. The van der Waals surface area contributed by atoms with Gasteiger partial charge in [0.25, 0.3) is 0 Å². The second-order valence-electron chi connectivity index (χ2n) is 21.4. The highest BCUT2D eigenvalue weighted by atomic mass is 16.5. The summed E-state index contributed by atoms with van der Waals surface area (Å²) in [6.07, 6.45) is 1.71. The number of aryl methyl sites for hydroxylation is 2. The Bertz CT molecular complexity index is 4420. The van der Waals surface area contributed by atoms with Crippen LogP contribution >= 0.6 is 0 Å². The summed E-state index contributed by atoms with van der Waals surface area (Å²) in [6, 6.07) is 85.9. The lowest BCUT2D eigenvalue weighted by Gasteiger charge is -2.35. The van der Waals surface area contributed by atoms with Crippen LogP contribution in [0.2, 0.25) is 0 Å². The third-order valence-electron chi connectivity index (χ3n) is 17.4. The molecule has 12 aromatic rings. The van der Waals surface area contributed by atoms with E-state index in [0.29, 0.717) is 0 Å². The van der Waals surface area contributed by atoms with Gasteiger partial charge in [-0.2, -0.15) is 0 Å². The topological polar surface area (TPSA) is 18.5 Å². The average Bonchev–Trinajstić information content (AvgIpc) is 4.14. The Morgan fingerprint density at radius 2 is 0.868 bits per heavy atom. The van der Waals surface area contributed by atoms with Crippen molar-refractivity contribution in [1.29, 1.82) is 0 Å². The molecule has 3 aliphatic rings. The molecule has 12 aromatic carbocycles. The molecule has 1 spiro atoms. The van der Waals surface area contributed by atoms with Crippen LogP contribution in [-0.2, 0) is 23.7 Å². The lowest BCUT2D eigenvalue weighted by atomic mass is 9.70. The first-order chi connectivity index (χ1) is 37.4. The number of hydrogen-bond acceptors (Lipinski definition) is 2. The summed E-state index contributed by atoms with van der Waals surface area (Å²) in [7, 11) is 0. The lowest BCUT2D eigenvalue weighted by Crippen LogP contribution is -2.25. The van der Waals surface area contributed by atoms with Crippen molar-refractivity contribution in [2.45, 2.75) is 51.4 Å². The zero-order valence-electron chi connectivity index (χ0n) is 43.2. The van der Waals surface area contributed by atoms with Gasteiger partial charge in [-0.25, -0.2) is 0 Å². The molecular formula is C74H54O2. The normalized spacial score (nSPS) is 15.2. The summed E-state index contributed by atoms with van der Waals surface area (Å²) in [6.45, 7) is 9.08. The molecule has 0 amide bonds. The van der Waals surface area contributed by atoms with Crippen molar-refractivity contribution in [2.75, 3.05) is 0 Å². The predicted octanol–water partition coefficient (Wildman–Crippen LogP) is 19.8. The van der Waals surface area contributed by atoms with Crippen LogP contribution in [0, 0.1) is 0 Å². The van der Waals surface area contributed by atoms with E-state index < -0.39 is 5.41 Å². The summed E-state index contributed by atoms with van der Waals surface area (Å²) >= 11 is 0. The summed E-state index contributed by atoms with van der Waals surface area (Å²) in [5.41, 5.74) is 21.3. The Balaban J connectivity index is 1.06. The Kier molecular flexibility index (Phi) is 9.82. The standard InChI is InChI=1S/C74H54O2/c1-5-45-22-8-15-40-66(45)75-71-46(6-2)24-17-32-53(71)49-28-18-30-51-58(49)44-59-50(54-33-20-39-65-72(54)76-67-41-16-14-37-62(67)73(65,3)4)29-19-31-52(59)68(51)57-34-21-38-63-70(57)56-27-11-13-36-61(56)74(63)60-35-12-10-26-55(60)69-48-25-9-7-23-47(48)42-43-64(69)74/h7-44H,5-6H2,1-4H3. The largest absolute Gasteiger partial charge is 0.456 e. The molecule has 2 nitrogen and oxygen atoms in total. The van der Waals surface area contributed by atoms with E-state index in [9.17, 15) is 0 Å². The van der Waals surface area contributed by atoms with Gasteiger partial charge in [0, 0.05) is 27.7 Å². The van der Waals surface area contributed by atoms with E-state index in [4.69, 9.17) is 9.47 Å². The second-order valence-corrected chi connectivity index (χ2v) is 21.4. The molecule has 2 aliphatic carbocycles. The highest BCUT2D eigenvalue weighted by molar-refractivity contribution is 6.21. The summed E-state index contributed by atoms with van der Waals surface area (Å²) in [4.78, 5) is 0. The number of rotatable bonds is 7. The van der Waals surface area contributed by atoms with E-state index >= 15 is 0 Å². The molecule has 1 heterocycles. The van der Waals surface area contributed by atoms with E-state index in [1.807, 2.05) is 0 Å². The van der Waals surface area contributed by atoms with Crippen LogP contribution in [0.25, 0.3) is 88.0 Å². The van der Waals surface area contributed by atoms with Crippen LogP contribution in [-0.4, -0.2) is 0 Å². The van der Waals surface area contributed by atoms with Gasteiger partial charge in [-0.1, -0.05) is 240 Å². The smallest absolute Gasteiger partial charge is 0.139 e. The van der Waals surface area contributed by atoms with Crippen molar-refractivity contribution in [3.63, 3.8) is 0 Å². The average molecular weight is 975 g/mol. The fourth-order valence-electron chi connectivity index (χ4n) is 14.0. The highest BCUT2D eigenvalue weighted by Gasteiger charge is 2.52. The van der Waals surface area contributed by atoms with Gasteiger partial charge in [0.05, 0.1) is 5.41 Å². The van der Waals surface area contributed by atoms with Gasteiger partial charge in [0.1, 0.15) is 23.0 Å². The predicted molar refractivity (Wildman–Crippen MR) is 315 cm³/mol. The van der Waals surface area contributed by atoms with E-state index in [2.05, 4.69) is 258 Å². The first-order valence-corrected chi connectivity index (χ1v) is 27.0. The van der Waals surface area contributed by atoms with Crippen LogP contribution in [0.1, 0.15) is 72.2 Å². The number of hydrogen-bond donors (Lipinski definition) is 0. The van der Waals surface area contributed by atoms with Gasteiger partial charge >= 0.3 is 0 Å². The van der Waals surface area contributed by atoms with Gasteiger partial charge in [-0.15, -0.1) is 0 Å². The van der Waals surface area contributed by atoms with E-state index in [0.717, 1.165) is 68.9 Å². The lowest BCUT2D eigenvalue weighted by molar-refractivity contribution is 0.419. The maximum atomic E-state index is 7.18. The number of benzene rings is 12. The Hall–Kier alpha value is -8.98. The first-order valence-electron chi connectivity index (χ1n) is 27.0. The molecule has 0 N–H and O–H groups in total. The molecule has 15 rings (SSSR count). The maximum Gasteiger partial charge on any atom is 0.139 e. The van der Waals surface area contributed by atoms with Crippen LogP contribution in [0.4, 0.5) is 0 Å². The molecule has 1 unspecified atom stereocenters. The van der Waals surface area contributed by atoms with Crippen molar-refractivity contribution < 1.29 is 9.47 Å². The first kappa shape index (κ1) is 44.5. The van der Waals surface area contributed by atoms with Crippen molar-refractivity contribution in [3.8, 4) is 78.6 Å². The Morgan fingerprint density at radius 3 is 1.63 bits per heavy atom. The van der Waals surface area contributed by atoms with Crippen LogP contribution in [0.3, 0.4) is 0 Å². The Morgan fingerprint density at radius 1 is 0.355 bits per heavy atom. The van der Waals surface area contributed by atoms with Gasteiger partial charge < -0.3 is 9.47 Å². The van der Waals surface area contributed by atoms with Gasteiger partial charge in [0.2, 0.25) is 0 Å². The Labute approximate surface area is 444 Å². The molecule has 0 fully saturated rings. The van der Waals surface area contributed by atoms with E-state index in [1.165, 1.54) is 99.4 Å². The number of para-hydroxylation sites is 4. The quantitative estimate of drug-likeness (QED) is 0.148. The summed E-state index contributed by atoms with van der Waals surface area (Å²) < 4.78 is 14.3. The molecule has 1 atom stereocenters. The van der Waals surface area contributed by atoms with Crippen molar-refractivity contribution in [2.24, 2.45) is 0 Å².